The van der Waals surface area contributed by atoms with E-state index in [1.165, 1.54) is 0 Å². The summed E-state index contributed by atoms with van der Waals surface area (Å²) in [6.07, 6.45) is -0.192. The smallest absolute Gasteiger partial charge is 0.321 e. The Labute approximate surface area is 172 Å². The van der Waals surface area contributed by atoms with Crippen LogP contribution in [0.5, 0.6) is 17.2 Å². The molecule has 0 aliphatic rings. The predicted molar refractivity (Wildman–Crippen MR) is 105 cm³/mol. The summed E-state index contributed by atoms with van der Waals surface area (Å²) in [6, 6.07) is 4.88. The molecule has 0 bridgehead atoms. The van der Waals surface area contributed by atoms with E-state index in [1.807, 2.05) is 45.2 Å². The Morgan fingerprint density at radius 2 is 1.50 bits per heavy atom. The minimum atomic E-state index is -1.06. The number of nitro groups is 2. The molecule has 0 heterocycles. The average Bonchev–Trinajstić information content (AvgIpc) is 2.50. The zero-order valence-electron chi connectivity index (χ0n) is 12.5. The van der Waals surface area contributed by atoms with Gasteiger partial charge in [0.25, 0.3) is 5.75 Å². The van der Waals surface area contributed by atoms with Gasteiger partial charge in [0.2, 0.25) is 0 Å². The summed E-state index contributed by atoms with van der Waals surface area (Å²) in [4.78, 5) is 30.9. The van der Waals surface area contributed by atoms with Crippen molar-refractivity contribution in [2.75, 3.05) is 0 Å². The van der Waals surface area contributed by atoms with E-state index in [4.69, 9.17) is 9.84 Å². The number of aromatic hydroxyl groups is 1. The Morgan fingerprint density at radius 1 is 1.04 bits per heavy atom. The number of carboxylic acids is 1. The van der Waals surface area contributed by atoms with E-state index >= 15 is 0 Å². The molecule has 136 valence electrons. The third-order valence-corrected chi connectivity index (χ3v) is 4.67. The van der Waals surface area contributed by atoms with E-state index in [2.05, 4.69) is 0 Å². The first-order valence-electron chi connectivity index (χ1n) is 6.63. The molecule has 2 aromatic rings. The molecule has 2 rings (SSSR count). The number of hydrogen-bond acceptors (Lipinski definition) is 7. The summed E-state index contributed by atoms with van der Waals surface area (Å²) in [6.45, 7) is 0. The van der Waals surface area contributed by atoms with Crippen LogP contribution in [-0.4, -0.2) is 26.0 Å². The maximum atomic E-state index is 11.0. The zero-order chi connectivity index (χ0) is 19.6. The van der Waals surface area contributed by atoms with Crippen LogP contribution >= 0.6 is 45.2 Å². The van der Waals surface area contributed by atoms with Crippen molar-refractivity contribution in [3.8, 4) is 17.2 Å². The summed E-state index contributed by atoms with van der Waals surface area (Å²) >= 11 is 3.79. The predicted octanol–water partition coefficient (Wildman–Crippen LogP) is 3.84. The molecule has 26 heavy (non-hydrogen) atoms. The number of nitro benzene ring substituents is 2. The number of carbonyl (C=O) groups is 1. The number of phenolic OH excluding ortho intramolecular Hbond substituents is 1. The van der Waals surface area contributed by atoms with Crippen molar-refractivity contribution in [2.24, 2.45) is 0 Å². The summed E-state index contributed by atoms with van der Waals surface area (Å²) in [5.41, 5.74) is -1.19. The van der Waals surface area contributed by atoms with Gasteiger partial charge in [-0.25, -0.2) is 0 Å². The average molecular weight is 586 g/mol. The second kappa shape index (κ2) is 7.98. The maximum Gasteiger partial charge on any atom is 0.321 e. The van der Waals surface area contributed by atoms with Crippen LogP contribution in [0.3, 0.4) is 0 Å². The Hall–Kier alpha value is -2.23. The second-order valence-corrected chi connectivity index (χ2v) is 7.21. The highest BCUT2D eigenvalue weighted by Gasteiger charge is 2.27. The van der Waals surface area contributed by atoms with Crippen LogP contribution in [0.15, 0.2) is 24.3 Å². The summed E-state index contributed by atoms with van der Waals surface area (Å²) in [5.74, 6) is -2.01. The molecule has 0 saturated carbocycles. The number of halogens is 2. The number of phenols is 1. The fourth-order valence-corrected chi connectivity index (χ4v) is 4.14. The van der Waals surface area contributed by atoms with Crippen LogP contribution in [0, 0.1) is 27.4 Å². The fraction of sp³-hybridized carbons (Fsp3) is 0.0714. The number of rotatable bonds is 6. The normalized spacial score (nSPS) is 10.4. The van der Waals surface area contributed by atoms with Crippen LogP contribution in [0.2, 0.25) is 0 Å². The summed E-state index contributed by atoms with van der Waals surface area (Å²) < 4.78 is 6.59. The SMILES string of the molecule is O=C(O)Cc1cc(I)c(Oc2cc([N+](=O)[O-])c(O)c([N+](=O)[O-])c2)c(I)c1. The molecule has 0 unspecified atom stereocenters. The van der Waals surface area contributed by atoms with E-state index in [-0.39, 0.29) is 17.9 Å². The zero-order valence-corrected chi connectivity index (χ0v) is 16.8. The Morgan fingerprint density at radius 3 is 1.88 bits per heavy atom. The van der Waals surface area contributed by atoms with Crippen LogP contribution in [-0.2, 0) is 11.2 Å². The van der Waals surface area contributed by atoms with Gasteiger partial charge in [0, 0.05) is 0 Å². The Bertz CT molecular complexity index is 873. The molecule has 0 radical (unpaired) electrons. The van der Waals surface area contributed by atoms with Gasteiger partial charge in [0.15, 0.2) is 5.75 Å². The highest BCUT2D eigenvalue weighted by molar-refractivity contribution is 14.1. The van der Waals surface area contributed by atoms with Crippen molar-refractivity contribution in [3.05, 3.63) is 57.2 Å². The monoisotopic (exact) mass is 586 g/mol. The van der Waals surface area contributed by atoms with Crippen molar-refractivity contribution < 1.29 is 29.6 Å². The van der Waals surface area contributed by atoms with Crippen LogP contribution in [0.25, 0.3) is 0 Å². The maximum absolute atomic E-state index is 11.0. The molecular formula is C14H8I2N2O8. The third kappa shape index (κ3) is 4.48. The van der Waals surface area contributed by atoms with E-state index in [1.54, 1.807) is 12.1 Å². The van der Waals surface area contributed by atoms with E-state index in [9.17, 15) is 30.1 Å². The molecular weight excluding hydrogens is 578 g/mol. The van der Waals surface area contributed by atoms with Gasteiger partial charge < -0.3 is 14.9 Å². The highest BCUT2D eigenvalue weighted by Crippen LogP contribution is 2.42. The van der Waals surface area contributed by atoms with Gasteiger partial charge >= 0.3 is 17.3 Å². The van der Waals surface area contributed by atoms with Crippen LogP contribution in [0.1, 0.15) is 5.56 Å². The molecule has 0 aliphatic heterocycles. The van der Waals surface area contributed by atoms with Crippen molar-refractivity contribution in [1.82, 2.24) is 0 Å². The largest absolute Gasteiger partial charge is 0.497 e. The lowest BCUT2D eigenvalue weighted by atomic mass is 10.1. The van der Waals surface area contributed by atoms with Crippen molar-refractivity contribution >= 4 is 62.5 Å². The van der Waals surface area contributed by atoms with Gasteiger partial charge in [0.1, 0.15) is 5.75 Å². The van der Waals surface area contributed by atoms with Crippen LogP contribution in [0.4, 0.5) is 11.4 Å². The second-order valence-electron chi connectivity index (χ2n) is 4.89. The molecule has 12 heteroatoms. The standard InChI is InChI=1S/C14H8I2N2O8/c15-8-1-6(3-12(19)20)2-9(16)14(8)26-7-4-10(17(22)23)13(21)11(5-7)18(24)25/h1-2,4-5,21H,3H2,(H,19,20). The number of nitrogens with zero attached hydrogens (tertiary/aromatic N) is 2. The molecule has 0 saturated heterocycles. The number of hydrogen-bond donors (Lipinski definition) is 2. The molecule has 0 aliphatic carbocycles. The number of benzene rings is 2. The lowest BCUT2D eigenvalue weighted by Gasteiger charge is -2.12. The molecule has 0 aromatic heterocycles. The lowest BCUT2D eigenvalue weighted by Crippen LogP contribution is -2.02. The van der Waals surface area contributed by atoms with Gasteiger partial charge in [-0.1, -0.05) is 0 Å². The third-order valence-electron chi connectivity index (χ3n) is 3.07. The Kier molecular flexibility index (Phi) is 6.17. The van der Waals surface area contributed by atoms with Gasteiger partial charge in [-0.3, -0.25) is 25.0 Å². The molecule has 2 aromatic carbocycles. The van der Waals surface area contributed by atoms with Crippen molar-refractivity contribution in [1.29, 1.82) is 0 Å². The molecule has 0 amide bonds. The van der Waals surface area contributed by atoms with E-state index in [0.717, 1.165) is 12.1 Å². The molecule has 2 N–H and O–H groups in total. The Balaban J connectivity index is 2.50. The van der Waals surface area contributed by atoms with Crippen LogP contribution < -0.4 is 4.74 Å². The minimum Gasteiger partial charge on any atom is -0.497 e. The van der Waals surface area contributed by atoms with Gasteiger partial charge in [-0.2, -0.15) is 0 Å². The fourth-order valence-electron chi connectivity index (χ4n) is 2.02. The topological polar surface area (TPSA) is 153 Å². The van der Waals surface area contributed by atoms with Crippen molar-refractivity contribution in [2.45, 2.75) is 6.42 Å². The minimum absolute atomic E-state index is 0.192. The first kappa shape index (κ1) is 20.1. The molecule has 0 fully saturated rings. The first-order valence-corrected chi connectivity index (χ1v) is 8.79. The lowest BCUT2D eigenvalue weighted by molar-refractivity contribution is -0.396. The number of ether oxygens (including phenoxy) is 1. The molecule has 10 nitrogen and oxygen atoms in total. The van der Waals surface area contributed by atoms with Crippen molar-refractivity contribution in [3.63, 3.8) is 0 Å². The first-order chi connectivity index (χ1) is 12.1. The molecule has 0 atom stereocenters. The number of carboxylic acid groups (broad SMARTS) is 1. The quantitative estimate of drug-likeness (QED) is 0.294. The summed E-state index contributed by atoms with van der Waals surface area (Å²) in [5, 5.41) is 40.5. The van der Waals surface area contributed by atoms with E-state index in [0.29, 0.717) is 12.7 Å². The molecule has 0 spiro atoms. The number of aliphatic carboxylic acids is 1. The van der Waals surface area contributed by atoms with Gasteiger partial charge in [-0.05, 0) is 62.9 Å². The van der Waals surface area contributed by atoms with Gasteiger partial charge in [-0.15, -0.1) is 0 Å². The summed E-state index contributed by atoms with van der Waals surface area (Å²) in [7, 11) is 0. The highest BCUT2D eigenvalue weighted by atomic mass is 127. The van der Waals surface area contributed by atoms with Gasteiger partial charge in [0.05, 0.1) is 35.5 Å². The van der Waals surface area contributed by atoms with E-state index < -0.39 is 32.9 Å².